The maximum Gasteiger partial charge on any atom is 0.313 e. The van der Waals surface area contributed by atoms with Crippen LogP contribution in [0.15, 0.2) is 35.0 Å². The monoisotopic (exact) mass is 387 g/mol. The molecule has 0 radical (unpaired) electrons. The van der Waals surface area contributed by atoms with E-state index in [1.807, 2.05) is 18.4 Å². The molecule has 2 aromatic rings. The number of benzene rings is 1. The fraction of sp³-hybridized carbons (Fsp3) is 0.400. The molecule has 1 aromatic heterocycles. The minimum Gasteiger partial charge on any atom is -0.495 e. The Morgan fingerprint density at radius 2 is 2.00 bits per heavy atom. The van der Waals surface area contributed by atoms with E-state index in [-0.39, 0.29) is 6.04 Å². The van der Waals surface area contributed by atoms with E-state index in [0.29, 0.717) is 18.0 Å². The molecule has 0 bridgehead atoms. The van der Waals surface area contributed by atoms with E-state index >= 15 is 0 Å². The second-order valence-electron chi connectivity index (χ2n) is 6.68. The lowest BCUT2D eigenvalue weighted by Crippen LogP contribution is -2.41. The molecular formula is C20H25N3O3S. The molecule has 144 valence electrons. The van der Waals surface area contributed by atoms with Gasteiger partial charge in [-0.25, -0.2) is 0 Å². The largest absolute Gasteiger partial charge is 0.495 e. The van der Waals surface area contributed by atoms with Gasteiger partial charge in [0.1, 0.15) is 5.75 Å². The van der Waals surface area contributed by atoms with Gasteiger partial charge in [0, 0.05) is 6.54 Å². The summed E-state index contributed by atoms with van der Waals surface area (Å²) in [6.45, 7) is 4.36. The number of ether oxygens (including phenoxy) is 1. The van der Waals surface area contributed by atoms with Gasteiger partial charge in [-0.05, 0) is 72.9 Å². The Morgan fingerprint density at radius 3 is 2.67 bits per heavy atom. The fourth-order valence-electron chi connectivity index (χ4n) is 3.34. The first-order chi connectivity index (χ1) is 13.1. The van der Waals surface area contributed by atoms with Gasteiger partial charge in [-0.3, -0.25) is 14.5 Å². The number of amides is 2. The van der Waals surface area contributed by atoms with Gasteiger partial charge in [-0.2, -0.15) is 11.3 Å². The summed E-state index contributed by atoms with van der Waals surface area (Å²) >= 11 is 1.64. The molecule has 0 spiro atoms. The lowest BCUT2D eigenvalue weighted by atomic mass is 10.1. The lowest BCUT2D eigenvalue weighted by molar-refractivity contribution is -0.136. The van der Waals surface area contributed by atoms with Crippen LogP contribution in [0, 0.1) is 6.92 Å². The van der Waals surface area contributed by atoms with Crippen molar-refractivity contribution < 1.29 is 14.3 Å². The van der Waals surface area contributed by atoms with Crippen LogP contribution in [-0.2, 0) is 9.59 Å². The highest BCUT2D eigenvalue weighted by Gasteiger charge is 2.25. The number of rotatable bonds is 6. The highest BCUT2D eigenvalue weighted by atomic mass is 32.1. The van der Waals surface area contributed by atoms with Gasteiger partial charge in [0.15, 0.2) is 0 Å². The fourth-order valence-corrected chi connectivity index (χ4v) is 4.05. The maximum atomic E-state index is 12.3. The first-order valence-electron chi connectivity index (χ1n) is 9.08. The van der Waals surface area contributed by atoms with E-state index in [1.54, 1.807) is 23.5 Å². The van der Waals surface area contributed by atoms with Crippen LogP contribution in [0.4, 0.5) is 5.69 Å². The molecule has 1 aliphatic rings. The van der Waals surface area contributed by atoms with Crippen LogP contribution >= 0.6 is 11.3 Å². The summed E-state index contributed by atoms with van der Waals surface area (Å²) in [4.78, 5) is 27.0. The first-order valence-corrected chi connectivity index (χ1v) is 10.0. The number of thiophene rings is 1. The zero-order chi connectivity index (χ0) is 19.2. The molecule has 2 heterocycles. The molecule has 1 saturated heterocycles. The SMILES string of the molecule is COc1ccc(C)cc1NC(=O)C(=O)NC[C@H](c1ccsc1)N1CCCC1. The smallest absolute Gasteiger partial charge is 0.313 e. The van der Waals surface area contributed by atoms with E-state index in [9.17, 15) is 9.59 Å². The highest BCUT2D eigenvalue weighted by molar-refractivity contribution is 7.08. The molecule has 0 saturated carbocycles. The zero-order valence-electron chi connectivity index (χ0n) is 15.7. The van der Waals surface area contributed by atoms with Crippen molar-refractivity contribution >= 4 is 28.8 Å². The standard InChI is InChI=1S/C20H25N3O3S/c1-14-5-6-18(26-2)16(11-14)22-20(25)19(24)21-12-17(15-7-10-27-13-15)23-8-3-4-9-23/h5-7,10-11,13,17H,3-4,8-9,12H2,1-2H3,(H,21,24)(H,22,25)/t17-/m1/s1. The van der Waals surface area contributed by atoms with Gasteiger partial charge in [0.2, 0.25) is 0 Å². The summed E-state index contributed by atoms with van der Waals surface area (Å²) in [7, 11) is 1.53. The summed E-state index contributed by atoms with van der Waals surface area (Å²) in [5, 5.41) is 9.58. The first kappa shape index (κ1) is 19.4. The summed E-state index contributed by atoms with van der Waals surface area (Å²) in [5.74, 6) is -0.808. The Labute approximate surface area is 163 Å². The Kier molecular flexibility index (Phi) is 6.47. The summed E-state index contributed by atoms with van der Waals surface area (Å²) < 4.78 is 5.24. The molecule has 6 nitrogen and oxygen atoms in total. The van der Waals surface area contributed by atoms with Crippen LogP contribution in [0.5, 0.6) is 5.75 Å². The van der Waals surface area contributed by atoms with Gasteiger partial charge >= 0.3 is 11.8 Å². The number of aryl methyl sites for hydroxylation is 1. The van der Waals surface area contributed by atoms with Crippen LogP contribution in [0.2, 0.25) is 0 Å². The van der Waals surface area contributed by atoms with Crippen LogP contribution in [0.3, 0.4) is 0 Å². The molecule has 2 amide bonds. The number of carbonyl (C=O) groups excluding carboxylic acids is 2. The van der Waals surface area contributed by atoms with E-state index < -0.39 is 11.8 Å². The Morgan fingerprint density at radius 1 is 1.22 bits per heavy atom. The number of hydrogen-bond donors (Lipinski definition) is 2. The molecule has 1 atom stereocenters. The van der Waals surface area contributed by atoms with Crippen molar-refractivity contribution in [3.63, 3.8) is 0 Å². The number of methoxy groups -OCH3 is 1. The van der Waals surface area contributed by atoms with Crippen molar-refractivity contribution in [2.75, 3.05) is 32.1 Å². The Balaban J connectivity index is 1.62. The average molecular weight is 388 g/mol. The molecule has 1 aliphatic heterocycles. The average Bonchev–Trinajstić information content (AvgIpc) is 3.36. The van der Waals surface area contributed by atoms with Gasteiger partial charge in [-0.1, -0.05) is 6.07 Å². The minimum atomic E-state index is -0.690. The van der Waals surface area contributed by atoms with Crippen LogP contribution < -0.4 is 15.4 Å². The number of nitrogens with zero attached hydrogens (tertiary/aromatic N) is 1. The van der Waals surface area contributed by atoms with Crippen molar-refractivity contribution in [1.82, 2.24) is 10.2 Å². The number of carbonyl (C=O) groups is 2. The molecule has 1 aromatic carbocycles. The van der Waals surface area contributed by atoms with Crippen molar-refractivity contribution in [2.45, 2.75) is 25.8 Å². The Hall–Kier alpha value is -2.38. The summed E-state index contributed by atoms with van der Waals surface area (Å²) in [5.41, 5.74) is 2.65. The van der Waals surface area contributed by atoms with Crippen molar-refractivity contribution in [3.05, 3.63) is 46.2 Å². The van der Waals surface area contributed by atoms with E-state index in [1.165, 1.54) is 25.5 Å². The minimum absolute atomic E-state index is 0.101. The molecule has 2 N–H and O–H groups in total. The maximum absolute atomic E-state index is 12.3. The predicted octanol–water partition coefficient (Wildman–Crippen LogP) is 2.96. The van der Waals surface area contributed by atoms with Gasteiger partial charge in [0.25, 0.3) is 0 Å². The topological polar surface area (TPSA) is 70.7 Å². The highest BCUT2D eigenvalue weighted by Crippen LogP contribution is 2.27. The number of anilines is 1. The third-order valence-corrected chi connectivity index (χ3v) is 5.48. The van der Waals surface area contributed by atoms with Crippen LogP contribution in [0.25, 0.3) is 0 Å². The molecule has 27 heavy (non-hydrogen) atoms. The van der Waals surface area contributed by atoms with Crippen molar-refractivity contribution in [1.29, 1.82) is 0 Å². The van der Waals surface area contributed by atoms with E-state index in [0.717, 1.165) is 18.7 Å². The number of nitrogens with one attached hydrogen (secondary N) is 2. The molecular weight excluding hydrogens is 362 g/mol. The molecule has 1 fully saturated rings. The van der Waals surface area contributed by atoms with Crippen LogP contribution in [0.1, 0.15) is 30.0 Å². The van der Waals surface area contributed by atoms with E-state index in [2.05, 4.69) is 27.0 Å². The van der Waals surface area contributed by atoms with Crippen LogP contribution in [-0.4, -0.2) is 43.5 Å². The van der Waals surface area contributed by atoms with Gasteiger partial charge < -0.3 is 15.4 Å². The normalized spacial score (nSPS) is 15.3. The summed E-state index contributed by atoms with van der Waals surface area (Å²) in [6.07, 6.45) is 2.34. The second-order valence-corrected chi connectivity index (χ2v) is 7.46. The van der Waals surface area contributed by atoms with Gasteiger partial charge in [-0.15, -0.1) is 0 Å². The third kappa shape index (κ3) is 4.87. The Bertz CT molecular complexity index is 786. The quantitative estimate of drug-likeness (QED) is 0.748. The molecule has 3 rings (SSSR count). The molecule has 7 heteroatoms. The van der Waals surface area contributed by atoms with Gasteiger partial charge in [0.05, 0.1) is 18.8 Å². The third-order valence-electron chi connectivity index (χ3n) is 4.77. The number of likely N-dealkylation sites (tertiary alicyclic amines) is 1. The molecule has 0 aliphatic carbocycles. The molecule has 0 unspecified atom stereocenters. The summed E-state index contributed by atoms with van der Waals surface area (Å²) in [6, 6.07) is 7.61. The zero-order valence-corrected chi connectivity index (χ0v) is 16.5. The lowest BCUT2D eigenvalue weighted by Gasteiger charge is -2.27. The number of hydrogen-bond acceptors (Lipinski definition) is 5. The second kappa shape index (κ2) is 9.01. The van der Waals surface area contributed by atoms with E-state index in [4.69, 9.17) is 4.74 Å². The van der Waals surface area contributed by atoms with Crippen molar-refractivity contribution in [2.24, 2.45) is 0 Å². The van der Waals surface area contributed by atoms with Crippen molar-refractivity contribution in [3.8, 4) is 5.75 Å². The predicted molar refractivity (Wildman–Crippen MR) is 107 cm³/mol.